The number of carbonyl (C=O) groups excluding carboxylic acids is 1. The summed E-state index contributed by atoms with van der Waals surface area (Å²) in [7, 11) is 0. The van der Waals surface area contributed by atoms with Crippen LogP contribution in [0.3, 0.4) is 0 Å². The van der Waals surface area contributed by atoms with Crippen molar-refractivity contribution in [3.05, 3.63) is 24.5 Å². The van der Waals surface area contributed by atoms with Crippen molar-refractivity contribution in [2.24, 2.45) is 0 Å². The first-order valence-corrected chi connectivity index (χ1v) is 9.75. The molecule has 0 aliphatic heterocycles. The van der Waals surface area contributed by atoms with Gasteiger partial charge in [-0.05, 0) is 31.4 Å². The zero-order chi connectivity index (χ0) is 16.2. The van der Waals surface area contributed by atoms with E-state index in [0.29, 0.717) is 12.5 Å². The number of aryl methyl sites for hydroxylation is 1. The Morgan fingerprint density at radius 3 is 1.96 bits per heavy atom. The predicted molar refractivity (Wildman–Crippen MR) is 96.4 cm³/mol. The Morgan fingerprint density at radius 2 is 1.39 bits per heavy atom. The van der Waals surface area contributed by atoms with Gasteiger partial charge in [0.1, 0.15) is 0 Å². The third-order valence-corrected chi connectivity index (χ3v) is 4.96. The van der Waals surface area contributed by atoms with Gasteiger partial charge in [0.2, 0.25) is 5.91 Å². The van der Waals surface area contributed by atoms with Crippen LogP contribution in [0, 0.1) is 0 Å². The maximum Gasteiger partial charge on any atom is 0.220 e. The van der Waals surface area contributed by atoms with Crippen LogP contribution < -0.4 is 5.32 Å². The second kappa shape index (κ2) is 11.3. The lowest BCUT2D eigenvalue weighted by Gasteiger charge is -2.19. The van der Waals surface area contributed by atoms with Crippen molar-refractivity contribution < 1.29 is 4.79 Å². The van der Waals surface area contributed by atoms with Gasteiger partial charge in [-0.1, -0.05) is 57.8 Å². The molecule has 0 radical (unpaired) electrons. The normalized spacial score (nSPS) is 18.8. The van der Waals surface area contributed by atoms with Gasteiger partial charge in [-0.3, -0.25) is 4.79 Å². The van der Waals surface area contributed by atoms with Crippen LogP contribution in [-0.2, 0) is 11.3 Å². The number of hydrogen-bond donors (Lipinski definition) is 1. The van der Waals surface area contributed by atoms with Crippen molar-refractivity contribution in [1.82, 2.24) is 9.88 Å². The van der Waals surface area contributed by atoms with Crippen LogP contribution in [0.25, 0.3) is 0 Å². The number of nitrogens with one attached hydrogen (secondary N) is 1. The molecule has 1 aromatic heterocycles. The van der Waals surface area contributed by atoms with Crippen molar-refractivity contribution in [1.29, 1.82) is 0 Å². The molecule has 130 valence electrons. The van der Waals surface area contributed by atoms with Crippen LogP contribution in [0.2, 0.25) is 0 Å². The first-order chi connectivity index (χ1) is 11.3. The summed E-state index contributed by atoms with van der Waals surface area (Å²) in [5, 5.41) is 3.30. The van der Waals surface area contributed by atoms with Crippen LogP contribution in [0.1, 0.15) is 83.5 Å². The highest BCUT2D eigenvalue weighted by molar-refractivity contribution is 5.76. The minimum absolute atomic E-state index is 0.245. The fourth-order valence-electron chi connectivity index (χ4n) is 3.55. The van der Waals surface area contributed by atoms with Crippen molar-refractivity contribution in [2.75, 3.05) is 0 Å². The zero-order valence-electron chi connectivity index (χ0n) is 14.6. The summed E-state index contributed by atoms with van der Waals surface area (Å²) in [4.78, 5) is 12.2. The standard InChI is InChI=1S/C20H34N2O/c23-20(15-12-18-22-16-10-11-17-22)21-19-13-8-6-4-2-1-3-5-7-9-14-19/h10-11,16-17,19H,1-9,12-15,18H2,(H,21,23). The van der Waals surface area contributed by atoms with E-state index in [0.717, 1.165) is 13.0 Å². The quantitative estimate of drug-likeness (QED) is 0.809. The molecule has 3 nitrogen and oxygen atoms in total. The Balaban J connectivity index is 1.65. The average Bonchev–Trinajstić information content (AvgIpc) is 3.03. The summed E-state index contributed by atoms with van der Waals surface area (Å²) in [6.07, 6.45) is 20.2. The molecule has 1 aliphatic rings. The molecule has 0 bridgehead atoms. The van der Waals surface area contributed by atoms with Gasteiger partial charge >= 0.3 is 0 Å². The molecular weight excluding hydrogens is 284 g/mol. The summed E-state index contributed by atoms with van der Waals surface area (Å²) in [5.74, 6) is 0.245. The highest BCUT2D eigenvalue weighted by Crippen LogP contribution is 2.17. The zero-order valence-corrected chi connectivity index (χ0v) is 14.6. The molecule has 0 unspecified atom stereocenters. The molecular formula is C20H34N2O. The van der Waals surface area contributed by atoms with Crippen LogP contribution in [0.15, 0.2) is 24.5 Å². The lowest BCUT2D eigenvalue weighted by Crippen LogP contribution is -2.34. The Labute approximate surface area is 141 Å². The van der Waals surface area contributed by atoms with Crippen LogP contribution in [0.4, 0.5) is 0 Å². The first-order valence-electron chi connectivity index (χ1n) is 9.75. The van der Waals surface area contributed by atoms with Crippen molar-refractivity contribution >= 4 is 5.91 Å². The summed E-state index contributed by atoms with van der Waals surface area (Å²) in [6.45, 7) is 0.936. The molecule has 0 saturated heterocycles. The maximum atomic E-state index is 12.2. The number of rotatable bonds is 5. The molecule has 0 atom stereocenters. The third-order valence-electron chi connectivity index (χ3n) is 4.96. The Bertz CT molecular complexity index is 401. The molecule has 23 heavy (non-hydrogen) atoms. The molecule has 1 aromatic rings. The summed E-state index contributed by atoms with van der Waals surface area (Å²) < 4.78 is 2.14. The van der Waals surface area contributed by atoms with E-state index in [4.69, 9.17) is 0 Å². The molecule has 1 amide bonds. The summed E-state index contributed by atoms with van der Waals surface area (Å²) in [5.41, 5.74) is 0. The maximum absolute atomic E-state index is 12.2. The van der Waals surface area contributed by atoms with E-state index in [-0.39, 0.29) is 5.91 Å². The smallest absolute Gasteiger partial charge is 0.220 e. The third kappa shape index (κ3) is 8.24. The topological polar surface area (TPSA) is 34.0 Å². The predicted octanol–water partition coefficient (Wildman–Crippen LogP) is 5.06. The van der Waals surface area contributed by atoms with Gasteiger partial charge in [-0.15, -0.1) is 0 Å². The highest BCUT2D eigenvalue weighted by Gasteiger charge is 2.12. The first kappa shape index (κ1) is 18.1. The van der Waals surface area contributed by atoms with Gasteiger partial charge in [0.15, 0.2) is 0 Å². The summed E-state index contributed by atoms with van der Waals surface area (Å²) in [6, 6.07) is 4.48. The molecule has 3 heteroatoms. The lowest BCUT2D eigenvalue weighted by atomic mass is 9.98. The van der Waals surface area contributed by atoms with Gasteiger partial charge in [-0.25, -0.2) is 0 Å². The van der Waals surface area contributed by atoms with E-state index in [1.165, 1.54) is 70.6 Å². The second-order valence-corrected chi connectivity index (χ2v) is 7.05. The van der Waals surface area contributed by atoms with Crippen LogP contribution in [0.5, 0.6) is 0 Å². The van der Waals surface area contributed by atoms with Crippen LogP contribution in [-0.4, -0.2) is 16.5 Å². The Hall–Kier alpha value is -1.25. The van der Waals surface area contributed by atoms with E-state index in [1.54, 1.807) is 0 Å². The van der Waals surface area contributed by atoms with E-state index in [9.17, 15) is 4.79 Å². The molecule has 2 rings (SSSR count). The largest absolute Gasteiger partial charge is 0.354 e. The SMILES string of the molecule is O=C(CCCn1cccc1)NC1CCCCCCCCCCC1. The van der Waals surface area contributed by atoms with Gasteiger partial charge in [0, 0.05) is 31.4 Å². The van der Waals surface area contributed by atoms with E-state index >= 15 is 0 Å². The highest BCUT2D eigenvalue weighted by atomic mass is 16.1. The van der Waals surface area contributed by atoms with Crippen LogP contribution >= 0.6 is 0 Å². The minimum atomic E-state index is 0.245. The van der Waals surface area contributed by atoms with Gasteiger partial charge in [0.25, 0.3) is 0 Å². The minimum Gasteiger partial charge on any atom is -0.354 e. The van der Waals surface area contributed by atoms with Gasteiger partial charge in [-0.2, -0.15) is 0 Å². The molecule has 0 aromatic carbocycles. The Kier molecular flexibility index (Phi) is 8.90. The molecule has 0 spiro atoms. The average molecular weight is 319 g/mol. The fourth-order valence-corrected chi connectivity index (χ4v) is 3.55. The molecule has 1 heterocycles. The van der Waals surface area contributed by atoms with Gasteiger partial charge < -0.3 is 9.88 Å². The van der Waals surface area contributed by atoms with E-state index in [2.05, 4.69) is 22.3 Å². The molecule has 1 N–H and O–H groups in total. The molecule has 1 aliphatic carbocycles. The van der Waals surface area contributed by atoms with Crippen molar-refractivity contribution in [2.45, 2.75) is 96.1 Å². The second-order valence-electron chi connectivity index (χ2n) is 7.05. The van der Waals surface area contributed by atoms with Crippen molar-refractivity contribution in [3.63, 3.8) is 0 Å². The number of aromatic nitrogens is 1. The van der Waals surface area contributed by atoms with E-state index < -0.39 is 0 Å². The molecule has 1 fully saturated rings. The molecule has 1 saturated carbocycles. The fraction of sp³-hybridized carbons (Fsp3) is 0.750. The number of hydrogen-bond acceptors (Lipinski definition) is 1. The van der Waals surface area contributed by atoms with E-state index in [1.807, 2.05) is 12.1 Å². The monoisotopic (exact) mass is 318 g/mol. The summed E-state index contributed by atoms with van der Waals surface area (Å²) >= 11 is 0. The number of carbonyl (C=O) groups is 1. The number of nitrogens with zero attached hydrogens (tertiary/aromatic N) is 1. The lowest BCUT2D eigenvalue weighted by molar-refractivity contribution is -0.122. The number of amides is 1. The Morgan fingerprint density at radius 1 is 0.870 bits per heavy atom. The van der Waals surface area contributed by atoms with Crippen molar-refractivity contribution in [3.8, 4) is 0 Å². The van der Waals surface area contributed by atoms with Gasteiger partial charge in [0.05, 0.1) is 0 Å².